The van der Waals surface area contributed by atoms with Crippen molar-refractivity contribution in [3.05, 3.63) is 30.1 Å². The zero-order valence-electron chi connectivity index (χ0n) is 15.3. The topological polar surface area (TPSA) is 81.8 Å². The number of carbonyl (C=O) groups excluding carboxylic acids is 1. The van der Waals surface area contributed by atoms with Crippen molar-refractivity contribution in [2.75, 3.05) is 0 Å². The molecule has 1 fully saturated rings. The number of nitrogens with zero attached hydrogens (tertiary/aromatic N) is 1. The summed E-state index contributed by atoms with van der Waals surface area (Å²) in [5, 5.41) is 3.21. The van der Waals surface area contributed by atoms with Crippen LogP contribution in [0.3, 0.4) is 0 Å². The fourth-order valence-electron chi connectivity index (χ4n) is 3.42. The second-order valence-corrected chi connectivity index (χ2v) is 7.07. The molecule has 2 heterocycles. The number of hydrogen-bond donors (Lipinski definition) is 4. The summed E-state index contributed by atoms with van der Waals surface area (Å²) in [7, 11) is 0. The number of benzene rings is 1. The summed E-state index contributed by atoms with van der Waals surface area (Å²) in [5.41, 5.74) is 8.31. The number of nitrogens with one attached hydrogen (secondary N) is 4. The van der Waals surface area contributed by atoms with Gasteiger partial charge in [-0.05, 0) is 30.9 Å². The molecule has 0 spiro atoms. The SMILES string of the molecule is CCCC1CC(C(=O)NC(c2nc3ccccc3[nH]2)C(C)CC)NN1. The Bertz CT molecular complexity index is 680. The van der Waals surface area contributed by atoms with Gasteiger partial charge in [0.2, 0.25) is 5.91 Å². The predicted molar refractivity (Wildman–Crippen MR) is 99.8 cm³/mol. The molecule has 1 aliphatic rings. The summed E-state index contributed by atoms with van der Waals surface area (Å²) in [6, 6.07) is 8.04. The number of para-hydroxylation sites is 2. The number of fused-ring (bicyclic) bond motifs is 1. The summed E-state index contributed by atoms with van der Waals surface area (Å²) < 4.78 is 0. The zero-order chi connectivity index (χ0) is 17.8. The minimum absolute atomic E-state index is 0.0388. The van der Waals surface area contributed by atoms with E-state index >= 15 is 0 Å². The van der Waals surface area contributed by atoms with E-state index in [1.54, 1.807) is 0 Å². The molecule has 1 saturated heterocycles. The highest BCUT2D eigenvalue weighted by Crippen LogP contribution is 2.25. The molecule has 25 heavy (non-hydrogen) atoms. The number of rotatable bonds is 7. The summed E-state index contributed by atoms with van der Waals surface area (Å²) >= 11 is 0. The molecule has 136 valence electrons. The lowest BCUT2D eigenvalue weighted by atomic mass is 9.97. The fraction of sp³-hybridized carbons (Fsp3) is 0.579. The number of carbonyl (C=O) groups is 1. The van der Waals surface area contributed by atoms with Crippen molar-refractivity contribution in [1.29, 1.82) is 0 Å². The molecule has 0 bridgehead atoms. The van der Waals surface area contributed by atoms with E-state index in [4.69, 9.17) is 4.98 Å². The lowest BCUT2D eigenvalue weighted by Gasteiger charge is -2.24. The molecular formula is C19H29N5O. The van der Waals surface area contributed by atoms with Gasteiger partial charge in [0, 0.05) is 6.04 Å². The normalized spacial score (nSPS) is 22.8. The Morgan fingerprint density at radius 2 is 2.12 bits per heavy atom. The summed E-state index contributed by atoms with van der Waals surface area (Å²) in [6.07, 6.45) is 3.99. The van der Waals surface area contributed by atoms with Gasteiger partial charge in [0.15, 0.2) is 0 Å². The van der Waals surface area contributed by atoms with Gasteiger partial charge in [-0.1, -0.05) is 45.7 Å². The molecule has 2 aromatic rings. The van der Waals surface area contributed by atoms with Crippen LogP contribution in [0.15, 0.2) is 24.3 Å². The van der Waals surface area contributed by atoms with Crippen LogP contribution in [-0.4, -0.2) is 28.0 Å². The van der Waals surface area contributed by atoms with Crippen LogP contribution in [0.5, 0.6) is 0 Å². The van der Waals surface area contributed by atoms with E-state index in [0.717, 1.165) is 42.5 Å². The molecule has 4 unspecified atom stereocenters. The van der Waals surface area contributed by atoms with Gasteiger partial charge in [0.05, 0.1) is 17.1 Å². The van der Waals surface area contributed by atoms with E-state index in [2.05, 4.69) is 41.9 Å². The Balaban J connectivity index is 1.74. The highest BCUT2D eigenvalue weighted by molar-refractivity contribution is 5.82. The summed E-state index contributed by atoms with van der Waals surface area (Å²) in [6.45, 7) is 6.45. The fourth-order valence-corrected chi connectivity index (χ4v) is 3.42. The second-order valence-electron chi connectivity index (χ2n) is 7.07. The van der Waals surface area contributed by atoms with Crippen LogP contribution in [0, 0.1) is 5.92 Å². The Hall–Kier alpha value is -1.92. The number of hydrogen-bond acceptors (Lipinski definition) is 4. The zero-order valence-corrected chi connectivity index (χ0v) is 15.3. The number of amides is 1. The number of H-pyrrole nitrogens is 1. The van der Waals surface area contributed by atoms with Crippen molar-refractivity contribution < 1.29 is 4.79 Å². The van der Waals surface area contributed by atoms with Crippen molar-refractivity contribution in [1.82, 2.24) is 26.1 Å². The van der Waals surface area contributed by atoms with E-state index in [1.165, 1.54) is 0 Å². The van der Waals surface area contributed by atoms with Crippen molar-refractivity contribution in [3.8, 4) is 0 Å². The van der Waals surface area contributed by atoms with Gasteiger partial charge in [-0.2, -0.15) is 0 Å². The van der Waals surface area contributed by atoms with Crippen molar-refractivity contribution in [2.45, 2.75) is 64.6 Å². The molecule has 1 amide bonds. The average molecular weight is 343 g/mol. The Morgan fingerprint density at radius 3 is 2.84 bits per heavy atom. The third-order valence-corrected chi connectivity index (χ3v) is 5.15. The third-order valence-electron chi connectivity index (χ3n) is 5.15. The van der Waals surface area contributed by atoms with Crippen LogP contribution in [0.4, 0.5) is 0 Å². The highest BCUT2D eigenvalue weighted by atomic mass is 16.2. The van der Waals surface area contributed by atoms with Gasteiger partial charge in [0.1, 0.15) is 11.9 Å². The van der Waals surface area contributed by atoms with E-state index in [-0.39, 0.29) is 18.0 Å². The molecule has 4 N–H and O–H groups in total. The molecule has 6 heteroatoms. The molecule has 1 aliphatic heterocycles. The molecule has 0 aliphatic carbocycles. The maximum Gasteiger partial charge on any atom is 0.239 e. The number of hydrazine groups is 1. The monoisotopic (exact) mass is 343 g/mol. The molecular weight excluding hydrogens is 314 g/mol. The van der Waals surface area contributed by atoms with E-state index < -0.39 is 0 Å². The first-order valence-corrected chi connectivity index (χ1v) is 9.38. The quantitative estimate of drug-likeness (QED) is 0.623. The van der Waals surface area contributed by atoms with Crippen molar-refractivity contribution in [2.24, 2.45) is 5.92 Å². The lowest BCUT2D eigenvalue weighted by Crippen LogP contribution is -2.45. The van der Waals surface area contributed by atoms with Gasteiger partial charge in [-0.15, -0.1) is 0 Å². The minimum Gasteiger partial charge on any atom is -0.344 e. The summed E-state index contributed by atoms with van der Waals surface area (Å²) in [4.78, 5) is 20.8. The van der Waals surface area contributed by atoms with Crippen LogP contribution >= 0.6 is 0 Å². The maximum absolute atomic E-state index is 12.8. The molecule has 3 rings (SSSR count). The van der Waals surface area contributed by atoms with Gasteiger partial charge < -0.3 is 10.3 Å². The van der Waals surface area contributed by atoms with E-state index in [9.17, 15) is 4.79 Å². The molecule has 1 aromatic carbocycles. The Labute approximate surface area is 149 Å². The minimum atomic E-state index is -0.188. The molecule has 0 radical (unpaired) electrons. The largest absolute Gasteiger partial charge is 0.344 e. The number of aromatic amines is 1. The van der Waals surface area contributed by atoms with E-state index in [0.29, 0.717) is 12.0 Å². The van der Waals surface area contributed by atoms with Crippen molar-refractivity contribution >= 4 is 16.9 Å². The van der Waals surface area contributed by atoms with Crippen LogP contribution in [0.2, 0.25) is 0 Å². The van der Waals surface area contributed by atoms with Crippen molar-refractivity contribution in [3.63, 3.8) is 0 Å². The Kier molecular flexibility index (Phi) is 5.71. The molecule has 1 aromatic heterocycles. The average Bonchev–Trinajstić information content (AvgIpc) is 3.25. The van der Waals surface area contributed by atoms with Crippen LogP contribution in [0.25, 0.3) is 11.0 Å². The number of aromatic nitrogens is 2. The molecule has 0 saturated carbocycles. The predicted octanol–water partition coefficient (Wildman–Crippen LogP) is 2.80. The number of imidazole rings is 1. The van der Waals surface area contributed by atoms with Crippen LogP contribution in [-0.2, 0) is 4.79 Å². The Morgan fingerprint density at radius 1 is 1.32 bits per heavy atom. The van der Waals surface area contributed by atoms with Gasteiger partial charge >= 0.3 is 0 Å². The van der Waals surface area contributed by atoms with Crippen LogP contribution in [0.1, 0.15) is 58.3 Å². The smallest absolute Gasteiger partial charge is 0.239 e. The highest BCUT2D eigenvalue weighted by Gasteiger charge is 2.32. The van der Waals surface area contributed by atoms with Gasteiger partial charge in [-0.25, -0.2) is 10.4 Å². The first-order valence-electron chi connectivity index (χ1n) is 9.38. The third kappa shape index (κ3) is 4.02. The van der Waals surface area contributed by atoms with Gasteiger partial charge in [0.25, 0.3) is 0 Å². The van der Waals surface area contributed by atoms with Gasteiger partial charge in [-0.3, -0.25) is 10.2 Å². The van der Waals surface area contributed by atoms with Crippen LogP contribution < -0.4 is 16.2 Å². The lowest BCUT2D eigenvalue weighted by molar-refractivity contribution is -0.124. The second kappa shape index (κ2) is 7.97. The standard InChI is InChI=1S/C19H29N5O/c1-4-8-13-11-16(24-23-13)19(25)22-17(12(3)5-2)18-20-14-9-6-7-10-15(14)21-18/h6-7,9-10,12-13,16-17,23-24H,4-5,8,11H2,1-3H3,(H,20,21)(H,22,25). The first-order chi connectivity index (χ1) is 12.1. The summed E-state index contributed by atoms with van der Waals surface area (Å²) in [5.74, 6) is 1.17. The van der Waals surface area contributed by atoms with E-state index in [1.807, 2.05) is 24.3 Å². The maximum atomic E-state index is 12.8. The first kappa shape index (κ1) is 17.9. The molecule has 4 atom stereocenters. The molecule has 6 nitrogen and oxygen atoms in total.